The molecule has 32 heavy (non-hydrogen) atoms. The molecule has 0 radical (unpaired) electrons. The highest BCUT2D eigenvalue weighted by Crippen LogP contribution is 2.27. The van der Waals surface area contributed by atoms with Crippen molar-refractivity contribution < 1.29 is 9.90 Å². The molecule has 0 atom stereocenters. The summed E-state index contributed by atoms with van der Waals surface area (Å²) < 4.78 is 1.65. The number of aromatic amines is 2. The fourth-order valence-corrected chi connectivity index (χ4v) is 4.12. The second-order valence-corrected chi connectivity index (χ2v) is 9.06. The van der Waals surface area contributed by atoms with E-state index in [1.165, 1.54) is 11.3 Å². The molecule has 4 aromatic rings. The van der Waals surface area contributed by atoms with Crippen LogP contribution in [0.5, 0.6) is 5.88 Å². The predicted molar refractivity (Wildman–Crippen MR) is 119 cm³/mol. The smallest absolute Gasteiger partial charge is 0.326 e. The van der Waals surface area contributed by atoms with Gasteiger partial charge in [-0.2, -0.15) is 9.61 Å². The first-order valence-electron chi connectivity index (χ1n) is 10.2. The van der Waals surface area contributed by atoms with E-state index in [4.69, 9.17) is 9.98 Å². The summed E-state index contributed by atoms with van der Waals surface area (Å²) in [7, 11) is 0. The first-order valence-corrected chi connectivity index (χ1v) is 11.1. The van der Waals surface area contributed by atoms with Crippen LogP contribution in [-0.2, 0) is 0 Å². The quantitative estimate of drug-likeness (QED) is 0.357. The number of carbonyl (C=O) groups is 1. The molecule has 11 heteroatoms. The van der Waals surface area contributed by atoms with E-state index in [1.807, 2.05) is 26.0 Å². The molecule has 1 aliphatic carbocycles. The van der Waals surface area contributed by atoms with Crippen LogP contribution in [0.3, 0.4) is 0 Å². The lowest BCUT2D eigenvalue weighted by molar-refractivity contribution is 0.0947. The minimum Gasteiger partial charge on any atom is -0.493 e. The summed E-state index contributed by atoms with van der Waals surface area (Å²) in [5.74, 6) is -0.377. The summed E-state index contributed by atoms with van der Waals surface area (Å²) in [5, 5.41) is 17.8. The number of rotatable bonds is 5. The van der Waals surface area contributed by atoms with Gasteiger partial charge < -0.3 is 15.4 Å². The van der Waals surface area contributed by atoms with Crippen molar-refractivity contribution in [2.24, 2.45) is 4.99 Å². The van der Waals surface area contributed by atoms with Crippen molar-refractivity contribution in [2.75, 3.05) is 0 Å². The maximum Gasteiger partial charge on any atom is 0.326 e. The van der Waals surface area contributed by atoms with Crippen LogP contribution in [0, 0.1) is 0 Å². The average Bonchev–Trinajstić information content (AvgIpc) is 3.12. The second-order valence-electron chi connectivity index (χ2n) is 7.97. The van der Waals surface area contributed by atoms with Crippen molar-refractivity contribution in [3.8, 4) is 16.5 Å². The molecule has 1 amide bonds. The van der Waals surface area contributed by atoms with Gasteiger partial charge in [0.25, 0.3) is 5.91 Å². The Morgan fingerprint density at radius 1 is 1.38 bits per heavy atom. The number of hydrogen-bond acceptors (Lipinski definition) is 7. The molecule has 0 saturated heterocycles. The van der Waals surface area contributed by atoms with Crippen LogP contribution < -0.4 is 21.7 Å². The number of nitrogens with one attached hydrogen (secondary N) is 3. The highest BCUT2D eigenvalue weighted by atomic mass is 32.1. The molecule has 0 spiro atoms. The van der Waals surface area contributed by atoms with Gasteiger partial charge in [0.05, 0.1) is 27.7 Å². The van der Waals surface area contributed by atoms with Gasteiger partial charge in [-0.1, -0.05) is 0 Å². The van der Waals surface area contributed by atoms with Gasteiger partial charge in [-0.05, 0) is 44.9 Å². The van der Waals surface area contributed by atoms with E-state index in [9.17, 15) is 14.7 Å². The first-order chi connectivity index (χ1) is 15.4. The van der Waals surface area contributed by atoms with Crippen molar-refractivity contribution >= 4 is 29.0 Å². The third-order valence-electron chi connectivity index (χ3n) is 4.88. The van der Waals surface area contributed by atoms with E-state index < -0.39 is 5.69 Å². The Kier molecular flexibility index (Phi) is 4.89. The maximum atomic E-state index is 12.4. The number of hydrogen-bond donors (Lipinski definition) is 4. The zero-order valence-corrected chi connectivity index (χ0v) is 18.2. The third kappa shape index (κ3) is 3.94. The second kappa shape index (κ2) is 7.75. The van der Waals surface area contributed by atoms with Crippen LogP contribution in [0.1, 0.15) is 42.1 Å². The zero-order valence-electron chi connectivity index (χ0n) is 17.4. The highest BCUT2D eigenvalue weighted by molar-refractivity contribution is 7.17. The van der Waals surface area contributed by atoms with E-state index in [2.05, 4.69) is 20.4 Å². The number of aromatic hydroxyl groups is 1. The Hall–Kier alpha value is -3.73. The van der Waals surface area contributed by atoms with Gasteiger partial charge in [-0.25, -0.2) is 9.78 Å². The van der Waals surface area contributed by atoms with Crippen LogP contribution in [0.25, 0.3) is 22.3 Å². The molecule has 1 saturated carbocycles. The lowest BCUT2D eigenvalue weighted by Crippen LogP contribution is -2.29. The number of fused-ring (bicyclic) bond motifs is 1. The molecule has 5 rings (SSSR count). The fourth-order valence-electron chi connectivity index (χ4n) is 3.25. The van der Waals surface area contributed by atoms with E-state index in [1.54, 1.807) is 22.9 Å². The summed E-state index contributed by atoms with van der Waals surface area (Å²) in [4.78, 5) is 39.6. The summed E-state index contributed by atoms with van der Waals surface area (Å²) in [6.07, 6.45) is 5.29. The van der Waals surface area contributed by atoms with Crippen molar-refractivity contribution in [2.45, 2.75) is 38.8 Å². The fraction of sp³-hybridized carbons (Fsp3) is 0.286. The summed E-state index contributed by atoms with van der Waals surface area (Å²) in [5.41, 5.74) is 1.61. The molecule has 0 bridgehead atoms. The molecule has 0 aromatic carbocycles. The van der Waals surface area contributed by atoms with Crippen LogP contribution in [0.4, 0.5) is 0 Å². The van der Waals surface area contributed by atoms with E-state index in [-0.39, 0.29) is 29.6 Å². The Bertz CT molecular complexity index is 1500. The van der Waals surface area contributed by atoms with Gasteiger partial charge in [-0.3, -0.25) is 14.8 Å². The summed E-state index contributed by atoms with van der Waals surface area (Å²) >= 11 is 1.36. The lowest BCUT2D eigenvalue weighted by atomic mass is 10.3. The van der Waals surface area contributed by atoms with Crippen molar-refractivity contribution in [3.05, 3.63) is 56.2 Å². The number of nitrogens with zero attached hydrogens (tertiary/aromatic N) is 4. The highest BCUT2D eigenvalue weighted by Gasteiger charge is 2.21. The molecule has 4 N–H and O–H groups in total. The summed E-state index contributed by atoms with van der Waals surface area (Å²) in [6, 6.07) is 5.84. The zero-order chi connectivity index (χ0) is 22.4. The van der Waals surface area contributed by atoms with Gasteiger partial charge in [0.15, 0.2) is 11.1 Å². The van der Waals surface area contributed by atoms with E-state index >= 15 is 0 Å². The molecule has 4 aromatic heterocycles. The van der Waals surface area contributed by atoms with E-state index in [0.717, 1.165) is 17.7 Å². The molecule has 0 aliphatic heterocycles. The number of amides is 1. The first kappa shape index (κ1) is 20.2. The van der Waals surface area contributed by atoms with Gasteiger partial charge in [0.1, 0.15) is 5.69 Å². The average molecular weight is 452 g/mol. The topological polar surface area (TPSA) is 141 Å². The SMILES string of the molecule is CC(C)NC(=O)c1ccc(-c2cc(=NC3CC3)n3nc/c(=C\c4[nH]c(=O)[nH]c4O)c3n2)s1. The molecule has 164 valence electrons. The lowest BCUT2D eigenvalue weighted by Gasteiger charge is -2.05. The number of imidazole rings is 1. The molecular weight excluding hydrogens is 430 g/mol. The number of aromatic nitrogens is 5. The third-order valence-corrected chi connectivity index (χ3v) is 5.99. The minimum absolute atomic E-state index is 0.0487. The molecular formula is C21H21N7O3S. The van der Waals surface area contributed by atoms with Gasteiger partial charge in [0.2, 0.25) is 5.88 Å². The Balaban J connectivity index is 1.66. The molecule has 1 fully saturated rings. The Morgan fingerprint density at radius 2 is 2.19 bits per heavy atom. The Morgan fingerprint density at radius 3 is 2.88 bits per heavy atom. The van der Waals surface area contributed by atoms with Crippen LogP contribution >= 0.6 is 11.3 Å². The van der Waals surface area contributed by atoms with Crippen molar-refractivity contribution in [3.63, 3.8) is 0 Å². The van der Waals surface area contributed by atoms with Gasteiger partial charge in [-0.15, -0.1) is 11.3 Å². The summed E-state index contributed by atoms with van der Waals surface area (Å²) in [6.45, 7) is 3.83. The van der Waals surface area contributed by atoms with E-state index in [0.29, 0.717) is 26.9 Å². The van der Waals surface area contributed by atoms with Gasteiger partial charge >= 0.3 is 5.69 Å². The molecule has 4 heterocycles. The molecule has 10 nitrogen and oxygen atoms in total. The predicted octanol–water partition coefficient (Wildman–Crippen LogP) is 0.929. The van der Waals surface area contributed by atoms with Crippen molar-refractivity contribution in [1.29, 1.82) is 0 Å². The normalized spacial score (nSPS) is 15.2. The molecule has 1 aliphatic rings. The minimum atomic E-state index is -0.505. The number of carbonyl (C=O) groups excluding carboxylic acids is 1. The largest absolute Gasteiger partial charge is 0.493 e. The van der Waals surface area contributed by atoms with Crippen LogP contribution in [0.15, 0.2) is 34.2 Å². The Labute approximate surface area is 185 Å². The van der Waals surface area contributed by atoms with Gasteiger partial charge in [0, 0.05) is 17.3 Å². The maximum absolute atomic E-state index is 12.4. The molecule has 0 unspecified atom stereocenters. The van der Waals surface area contributed by atoms with Crippen LogP contribution in [-0.4, -0.2) is 47.7 Å². The van der Waals surface area contributed by atoms with Crippen molar-refractivity contribution in [1.82, 2.24) is 29.9 Å². The standard InChI is InChI=1S/C21H21N7O3S/c1-10(2)23-20(30)16-6-5-15(32-16)13-8-17(24-12-3-4-12)28-18(25-13)11(9-22-28)7-14-19(29)27-21(31)26-14/h5-10,12,29H,3-4H2,1-2H3,(H,23,30)(H2,26,27,31)/b11-7+,24-17?. The number of H-pyrrole nitrogens is 2. The monoisotopic (exact) mass is 451 g/mol. The van der Waals surface area contributed by atoms with Crippen LogP contribution in [0.2, 0.25) is 0 Å². The number of thiophene rings is 1.